The number of hydrogen-bond acceptors (Lipinski definition) is 2. The molecule has 0 fully saturated rings. The minimum atomic E-state index is -2.32. The highest BCUT2D eigenvalue weighted by molar-refractivity contribution is 5.81. The molecule has 1 aromatic heterocycles. The van der Waals surface area contributed by atoms with Gasteiger partial charge in [-0.2, -0.15) is 0 Å². The van der Waals surface area contributed by atoms with E-state index in [0.29, 0.717) is 17.0 Å². The van der Waals surface area contributed by atoms with E-state index in [2.05, 4.69) is 5.32 Å². The molecule has 0 atom stereocenters. The Balaban J connectivity index is 2.30. The Morgan fingerprint density at radius 2 is 2.12 bits per heavy atom. The Labute approximate surface area is 92.2 Å². The summed E-state index contributed by atoms with van der Waals surface area (Å²) in [6.45, 7) is 2.74. The van der Waals surface area contributed by atoms with Crippen LogP contribution in [0.15, 0.2) is 28.7 Å². The molecule has 2 aromatic rings. The summed E-state index contributed by atoms with van der Waals surface area (Å²) in [6, 6.07) is 7.05. The fourth-order valence-corrected chi connectivity index (χ4v) is 1.64. The van der Waals surface area contributed by atoms with Crippen LogP contribution in [0.5, 0.6) is 0 Å². The van der Waals surface area contributed by atoms with Gasteiger partial charge < -0.3 is 9.73 Å². The fourth-order valence-electron chi connectivity index (χ4n) is 1.64. The molecule has 1 heterocycles. The number of anilines is 1. The zero-order valence-electron chi connectivity index (χ0n) is 8.97. The molecule has 0 radical (unpaired) electrons. The maximum Gasteiger partial charge on any atom is 0.242 e. The summed E-state index contributed by atoms with van der Waals surface area (Å²) in [5, 5.41) is 3.97. The van der Waals surface area contributed by atoms with E-state index >= 15 is 0 Å². The Kier molecular flexibility index (Phi) is 3.08. The quantitative estimate of drug-likeness (QED) is 0.858. The van der Waals surface area contributed by atoms with Crippen molar-refractivity contribution in [2.45, 2.75) is 19.8 Å². The van der Waals surface area contributed by atoms with Crippen LogP contribution in [0.1, 0.15) is 12.5 Å². The van der Waals surface area contributed by atoms with Crippen molar-refractivity contribution in [3.8, 4) is 0 Å². The second kappa shape index (κ2) is 4.51. The average Bonchev–Trinajstić information content (AvgIpc) is 2.59. The van der Waals surface area contributed by atoms with Crippen molar-refractivity contribution in [3.05, 3.63) is 29.8 Å². The summed E-state index contributed by atoms with van der Waals surface area (Å²) >= 11 is 0. The van der Waals surface area contributed by atoms with Crippen molar-refractivity contribution < 1.29 is 13.2 Å². The molecule has 2 rings (SSSR count). The van der Waals surface area contributed by atoms with Gasteiger partial charge in [0.15, 0.2) is 5.88 Å². The van der Waals surface area contributed by atoms with E-state index in [1.165, 1.54) is 0 Å². The van der Waals surface area contributed by atoms with Crippen LogP contribution in [0.3, 0.4) is 0 Å². The first kappa shape index (κ1) is 10.9. The number of alkyl halides is 2. The summed E-state index contributed by atoms with van der Waals surface area (Å²) in [6.07, 6.45) is -2.55. The molecule has 16 heavy (non-hydrogen) atoms. The van der Waals surface area contributed by atoms with Gasteiger partial charge in [-0.05, 0) is 18.6 Å². The summed E-state index contributed by atoms with van der Waals surface area (Å²) in [5.74, 6) is 0.673. The van der Waals surface area contributed by atoms with Gasteiger partial charge in [0, 0.05) is 24.4 Å². The van der Waals surface area contributed by atoms with E-state index < -0.39 is 6.43 Å². The zero-order valence-corrected chi connectivity index (χ0v) is 8.97. The monoisotopic (exact) mass is 225 g/mol. The van der Waals surface area contributed by atoms with Gasteiger partial charge in [0.25, 0.3) is 0 Å². The molecule has 2 nitrogen and oxygen atoms in total. The molecular formula is C12H13F2NO. The molecule has 0 aliphatic rings. The molecule has 86 valence electrons. The van der Waals surface area contributed by atoms with Crippen LogP contribution in [0.25, 0.3) is 11.0 Å². The summed E-state index contributed by atoms with van der Waals surface area (Å²) < 4.78 is 29.9. The third kappa shape index (κ3) is 2.32. The van der Waals surface area contributed by atoms with Crippen molar-refractivity contribution in [2.75, 3.05) is 11.9 Å². The zero-order chi connectivity index (χ0) is 11.5. The molecule has 0 aliphatic heterocycles. The van der Waals surface area contributed by atoms with Crippen molar-refractivity contribution in [2.24, 2.45) is 0 Å². The first-order chi connectivity index (χ1) is 7.69. The Morgan fingerprint density at radius 3 is 2.81 bits per heavy atom. The van der Waals surface area contributed by atoms with Crippen LogP contribution in [-0.4, -0.2) is 13.0 Å². The maximum absolute atomic E-state index is 12.2. The van der Waals surface area contributed by atoms with Gasteiger partial charge in [0.1, 0.15) is 5.58 Å². The van der Waals surface area contributed by atoms with E-state index in [9.17, 15) is 8.78 Å². The molecule has 4 heteroatoms. The number of nitrogens with one attached hydrogen (secondary N) is 1. The van der Waals surface area contributed by atoms with Gasteiger partial charge in [-0.25, -0.2) is 8.78 Å². The van der Waals surface area contributed by atoms with Crippen molar-refractivity contribution in [1.29, 1.82) is 0 Å². The number of fused-ring (bicyclic) bond motifs is 1. The summed E-state index contributed by atoms with van der Waals surface area (Å²) in [5.41, 5.74) is 1.24. The molecule has 1 N–H and O–H groups in total. The number of rotatable bonds is 4. The third-order valence-electron chi connectivity index (χ3n) is 2.33. The molecule has 0 amide bonds. The molecule has 0 saturated carbocycles. The Morgan fingerprint density at radius 1 is 1.31 bits per heavy atom. The largest absolute Gasteiger partial charge is 0.441 e. The predicted molar refractivity (Wildman–Crippen MR) is 60.1 cm³/mol. The summed E-state index contributed by atoms with van der Waals surface area (Å²) in [7, 11) is 0. The topological polar surface area (TPSA) is 25.2 Å². The van der Waals surface area contributed by atoms with Crippen LogP contribution in [-0.2, 0) is 6.42 Å². The lowest BCUT2D eigenvalue weighted by Gasteiger charge is -1.99. The van der Waals surface area contributed by atoms with E-state index in [-0.39, 0.29) is 6.42 Å². The molecule has 0 unspecified atom stereocenters. The average molecular weight is 225 g/mol. The van der Waals surface area contributed by atoms with E-state index in [1.807, 2.05) is 13.0 Å². The highest BCUT2D eigenvalue weighted by Gasteiger charge is 2.07. The van der Waals surface area contributed by atoms with Gasteiger partial charge >= 0.3 is 0 Å². The SMILES string of the molecule is CCNc1cc2ccc(CC(F)F)cc2o1. The minimum absolute atomic E-state index is 0.229. The second-order valence-electron chi connectivity index (χ2n) is 3.61. The molecule has 0 aliphatic carbocycles. The molecular weight excluding hydrogens is 212 g/mol. The lowest BCUT2D eigenvalue weighted by Crippen LogP contribution is -1.95. The first-order valence-corrected chi connectivity index (χ1v) is 5.23. The Hall–Kier alpha value is -1.58. The van der Waals surface area contributed by atoms with E-state index in [4.69, 9.17) is 4.42 Å². The lowest BCUT2D eigenvalue weighted by molar-refractivity contribution is 0.149. The van der Waals surface area contributed by atoms with E-state index in [1.54, 1.807) is 18.2 Å². The van der Waals surface area contributed by atoms with E-state index in [0.717, 1.165) is 11.9 Å². The van der Waals surface area contributed by atoms with Gasteiger partial charge in [0.05, 0.1) is 0 Å². The van der Waals surface area contributed by atoms with Gasteiger partial charge in [0.2, 0.25) is 6.43 Å². The highest BCUT2D eigenvalue weighted by atomic mass is 19.3. The molecule has 0 bridgehead atoms. The fraction of sp³-hybridized carbons (Fsp3) is 0.333. The number of hydrogen-bond donors (Lipinski definition) is 1. The van der Waals surface area contributed by atoms with Crippen molar-refractivity contribution in [1.82, 2.24) is 0 Å². The van der Waals surface area contributed by atoms with Crippen LogP contribution in [0.2, 0.25) is 0 Å². The minimum Gasteiger partial charge on any atom is -0.441 e. The second-order valence-corrected chi connectivity index (χ2v) is 3.61. The number of furan rings is 1. The van der Waals surface area contributed by atoms with Crippen molar-refractivity contribution in [3.63, 3.8) is 0 Å². The molecule has 0 saturated heterocycles. The smallest absolute Gasteiger partial charge is 0.242 e. The standard InChI is InChI=1S/C12H13F2NO/c1-2-15-12-7-9-4-3-8(6-11(13)14)5-10(9)16-12/h3-5,7,11,15H,2,6H2,1H3. The first-order valence-electron chi connectivity index (χ1n) is 5.23. The maximum atomic E-state index is 12.2. The van der Waals surface area contributed by atoms with Crippen LogP contribution >= 0.6 is 0 Å². The predicted octanol–water partition coefficient (Wildman–Crippen LogP) is 3.67. The van der Waals surface area contributed by atoms with Gasteiger partial charge in [-0.15, -0.1) is 0 Å². The van der Waals surface area contributed by atoms with Gasteiger partial charge in [-0.1, -0.05) is 12.1 Å². The molecule has 0 spiro atoms. The van der Waals surface area contributed by atoms with Crippen LogP contribution < -0.4 is 5.32 Å². The third-order valence-corrected chi connectivity index (χ3v) is 2.33. The number of benzene rings is 1. The highest BCUT2D eigenvalue weighted by Crippen LogP contribution is 2.24. The number of halogens is 2. The van der Waals surface area contributed by atoms with Gasteiger partial charge in [-0.3, -0.25) is 0 Å². The van der Waals surface area contributed by atoms with Crippen LogP contribution in [0, 0.1) is 0 Å². The normalized spacial score (nSPS) is 11.2. The van der Waals surface area contributed by atoms with Crippen LogP contribution in [0.4, 0.5) is 14.7 Å². The Bertz CT molecular complexity index is 479. The lowest BCUT2D eigenvalue weighted by atomic mass is 10.1. The van der Waals surface area contributed by atoms with Crippen molar-refractivity contribution >= 4 is 16.9 Å². The molecule has 1 aromatic carbocycles. The summed E-state index contributed by atoms with van der Waals surface area (Å²) in [4.78, 5) is 0.